The smallest absolute Gasteiger partial charge is 0.277 e. The van der Waals surface area contributed by atoms with Crippen LogP contribution in [0.25, 0.3) is 11.3 Å². The highest BCUT2D eigenvalue weighted by atomic mass is 16.2. The second kappa shape index (κ2) is 4.80. The molecule has 6 heteroatoms. The number of aryl methyl sites for hydroxylation is 1. The minimum atomic E-state index is -0.646. The molecule has 0 aliphatic heterocycles. The van der Waals surface area contributed by atoms with E-state index >= 15 is 0 Å². The lowest BCUT2D eigenvalue weighted by molar-refractivity contribution is 0.0952. The molecule has 1 aromatic carbocycles. The standard InChI is InChI=1S/C12H12N4O2/c1-7-2-4-8(5-3-7)10-6-9(11(17)14-13)12(18)16-15-10/h2-6H,13H2,1H3,(H,14,17)(H,16,18). The highest BCUT2D eigenvalue weighted by molar-refractivity contribution is 5.94. The maximum absolute atomic E-state index is 11.4. The van der Waals surface area contributed by atoms with Crippen molar-refractivity contribution in [2.75, 3.05) is 0 Å². The zero-order chi connectivity index (χ0) is 13.1. The first-order valence-corrected chi connectivity index (χ1v) is 5.29. The summed E-state index contributed by atoms with van der Waals surface area (Å²) in [6.07, 6.45) is 0. The van der Waals surface area contributed by atoms with Crippen molar-refractivity contribution >= 4 is 5.91 Å². The van der Waals surface area contributed by atoms with E-state index in [1.54, 1.807) is 0 Å². The van der Waals surface area contributed by atoms with Gasteiger partial charge in [-0.1, -0.05) is 29.8 Å². The van der Waals surface area contributed by atoms with E-state index in [1.807, 2.05) is 36.6 Å². The van der Waals surface area contributed by atoms with Crippen LogP contribution in [0, 0.1) is 6.92 Å². The number of hydrogen-bond acceptors (Lipinski definition) is 4. The van der Waals surface area contributed by atoms with E-state index in [2.05, 4.69) is 10.2 Å². The number of H-pyrrole nitrogens is 1. The molecular weight excluding hydrogens is 232 g/mol. The Bertz CT molecular complexity index is 631. The quantitative estimate of drug-likeness (QED) is 0.403. The lowest BCUT2D eigenvalue weighted by atomic mass is 10.1. The van der Waals surface area contributed by atoms with Crippen LogP contribution < -0.4 is 16.8 Å². The van der Waals surface area contributed by atoms with Crippen LogP contribution in [0.1, 0.15) is 15.9 Å². The van der Waals surface area contributed by atoms with Crippen molar-refractivity contribution in [3.63, 3.8) is 0 Å². The first kappa shape index (κ1) is 12.0. The van der Waals surface area contributed by atoms with Crippen molar-refractivity contribution in [3.05, 3.63) is 51.8 Å². The Morgan fingerprint density at radius 2 is 2.00 bits per heavy atom. The molecule has 0 bridgehead atoms. The summed E-state index contributed by atoms with van der Waals surface area (Å²) in [6.45, 7) is 1.97. The van der Waals surface area contributed by atoms with Crippen molar-refractivity contribution in [1.82, 2.24) is 15.6 Å². The van der Waals surface area contributed by atoms with Gasteiger partial charge in [-0.25, -0.2) is 10.9 Å². The molecule has 0 radical (unpaired) electrons. The molecular formula is C12H12N4O2. The number of nitrogens with one attached hydrogen (secondary N) is 2. The Hall–Kier alpha value is -2.47. The molecule has 0 saturated carbocycles. The summed E-state index contributed by atoms with van der Waals surface area (Å²) in [6, 6.07) is 8.97. The van der Waals surface area contributed by atoms with Gasteiger partial charge in [0, 0.05) is 5.56 Å². The Balaban J connectivity index is 2.50. The number of carbonyl (C=O) groups is 1. The SMILES string of the molecule is Cc1ccc(-c2cc(C(=O)NN)c(=O)[nH]n2)cc1. The molecule has 6 nitrogen and oxygen atoms in total. The number of hydrazine groups is 1. The van der Waals surface area contributed by atoms with E-state index in [9.17, 15) is 9.59 Å². The normalized spacial score (nSPS) is 10.1. The highest BCUT2D eigenvalue weighted by Gasteiger charge is 2.11. The van der Waals surface area contributed by atoms with Crippen LogP contribution in [-0.2, 0) is 0 Å². The molecule has 1 aromatic heterocycles. The number of aromatic nitrogens is 2. The number of amides is 1. The van der Waals surface area contributed by atoms with E-state index < -0.39 is 11.5 Å². The average molecular weight is 244 g/mol. The topological polar surface area (TPSA) is 101 Å². The van der Waals surface area contributed by atoms with Gasteiger partial charge in [-0.2, -0.15) is 5.10 Å². The van der Waals surface area contributed by atoms with Crippen LogP contribution in [0.5, 0.6) is 0 Å². The van der Waals surface area contributed by atoms with E-state index in [0.29, 0.717) is 5.69 Å². The molecule has 2 aromatic rings. The van der Waals surface area contributed by atoms with Gasteiger partial charge < -0.3 is 0 Å². The summed E-state index contributed by atoms with van der Waals surface area (Å²) in [4.78, 5) is 22.8. The van der Waals surface area contributed by atoms with Crippen LogP contribution in [0.3, 0.4) is 0 Å². The number of hydrogen-bond donors (Lipinski definition) is 3. The van der Waals surface area contributed by atoms with Gasteiger partial charge >= 0.3 is 0 Å². The number of rotatable bonds is 2. The molecule has 18 heavy (non-hydrogen) atoms. The molecule has 2 rings (SSSR count). The van der Waals surface area contributed by atoms with Gasteiger partial charge in [-0.15, -0.1) is 0 Å². The van der Waals surface area contributed by atoms with Crippen molar-refractivity contribution in [3.8, 4) is 11.3 Å². The first-order valence-electron chi connectivity index (χ1n) is 5.29. The maximum Gasteiger partial charge on any atom is 0.277 e. The zero-order valence-electron chi connectivity index (χ0n) is 9.73. The van der Waals surface area contributed by atoms with Crippen LogP contribution in [-0.4, -0.2) is 16.1 Å². The molecule has 0 aliphatic rings. The third kappa shape index (κ3) is 2.28. The van der Waals surface area contributed by atoms with E-state index in [-0.39, 0.29) is 5.56 Å². The van der Waals surface area contributed by atoms with E-state index in [0.717, 1.165) is 11.1 Å². The fourth-order valence-corrected chi connectivity index (χ4v) is 1.52. The van der Waals surface area contributed by atoms with Gasteiger partial charge in [-0.05, 0) is 13.0 Å². The average Bonchev–Trinajstić information content (AvgIpc) is 2.39. The Labute approximate surface area is 103 Å². The molecule has 0 spiro atoms. The molecule has 0 atom stereocenters. The van der Waals surface area contributed by atoms with Gasteiger partial charge in [0.2, 0.25) is 0 Å². The summed E-state index contributed by atoms with van der Waals surface area (Å²) in [5, 5.41) is 6.17. The molecule has 0 aliphatic carbocycles. The van der Waals surface area contributed by atoms with E-state index in [1.165, 1.54) is 6.07 Å². The number of aromatic amines is 1. The lowest BCUT2D eigenvalue weighted by Gasteiger charge is -2.03. The molecule has 0 fully saturated rings. The summed E-state index contributed by atoms with van der Waals surface area (Å²) in [7, 11) is 0. The second-order valence-electron chi connectivity index (χ2n) is 3.84. The number of benzene rings is 1. The lowest BCUT2D eigenvalue weighted by Crippen LogP contribution is -2.34. The van der Waals surface area contributed by atoms with Crippen molar-refractivity contribution in [2.24, 2.45) is 5.84 Å². The largest absolute Gasteiger partial charge is 0.290 e. The fourth-order valence-electron chi connectivity index (χ4n) is 1.52. The predicted molar refractivity (Wildman–Crippen MR) is 66.7 cm³/mol. The number of nitrogens with two attached hydrogens (primary N) is 1. The summed E-state index contributed by atoms with van der Waals surface area (Å²) >= 11 is 0. The Morgan fingerprint density at radius 3 is 2.61 bits per heavy atom. The molecule has 0 unspecified atom stereocenters. The predicted octanol–water partition coefficient (Wildman–Crippen LogP) is 0.349. The fraction of sp³-hybridized carbons (Fsp3) is 0.0833. The van der Waals surface area contributed by atoms with Crippen LogP contribution in [0.15, 0.2) is 35.1 Å². The summed E-state index contributed by atoms with van der Waals surface area (Å²) < 4.78 is 0. The molecule has 92 valence electrons. The molecule has 4 N–H and O–H groups in total. The summed E-state index contributed by atoms with van der Waals surface area (Å²) in [5.74, 6) is 4.36. The maximum atomic E-state index is 11.4. The minimum Gasteiger partial charge on any atom is -0.290 e. The number of carbonyl (C=O) groups excluding carboxylic acids is 1. The van der Waals surface area contributed by atoms with Gasteiger partial charge in [0.05, 0.1) is 5.69 Å². The third-order valence-electron chi connectivity index (χ3n) is 2.53. The highest BCUT2D eigenvalue weighted by Crippen LogP contribution is 2.16. The molecule has 0 saturated heterocycles. The van der Waals surface area contributed by atoms with Crippen molar-refractivity contribution < 1.29 is 4.79 Å². The number of nitrogen functional groups attached to an aromatic ring is 1. The minimum absolute atomic E-state index is 0.0666. The van der Waals surface area contributed by atoms with Gasteiger partial charge in [0.15, 0.2) is 0 Å². The van der Waals surface area contributed by atoms with Crippen molar-refractivity contribution in [1.29, 1.82) is 0 Å². The zero-order valence-corrected chi connectivity index (χ0v) is 9.73. The van der Waals surface area contributed by atoms with Crippen LogP contribution >= 0.6 is 0 Å². The number of nitrogens with zero attached hydrogens (tertiary/aromatic N) is 1. The Morgan fingerprint density at radius 1 is 1.33 bits per heavy atom. The van der Waals surface area contributed by atoms with Gasteiger partial charge in [-0.3, -0.25) is 15.0 Å². The van der Waals surface area contributed by atoms with Gasteiger partial charge in [0.1, 0.15) is 5.56 Å². The summed E-state index contributed by atoms with van der Waals surface area (Å²) in [5.41, 5.74) is 3.71. The van der Waals surface area contributed by atoms with Crippen LogP contribution in [0.2, 0.25) is 0 Å². The monoisotopic (exact) mass is 244 g/mol. The van der Waals surface area contributed by atoms with Gasteiger partial charge in [0.25, 0.3) is 11.5 Å². The van der Waals surface area contributed by atoms with Crippen LogP contribution in [0.4, 0.5) is 0 Å². The van der Waals surface area contributed by atoms with Crippen molar-refractivity contribution in [2.45, 2.75) is 6.92 Å². The third-order valence-corrected chi connectivity index (χ3v) is 2.53. The molecule has 1 amide bonds. The van der Waals surface area contributed by atoms with E-state index in [4.69, 9.17) is 5.84 Å². The molecule has 1 heterocycles. The second-order valence-corrected chi connectivity index (χ2v) is 3.84. The Kier molecular flexibility index (Phi) is 3.20. The first-order chi connectivity index (χ1) is 8.61.